The van der Waals surface area contributed by atoms with Crippen molar-refractivity contribution in [2.45, 2.75) is 66.2 Å². The second kappa shape index (κ2) is 2.94. The Kier molecular flexibility index (Phi) is 2.00. The monoisotopic (exact) mass is 218 g/mol. The average molecular weight is 218 g/mol. The van der Waals surface area contributed by atoms with Gasteiger partial charge in [-0.2, -0.15) is 0 Å². The third-order valence-electron chi connectivity index (χ3n) is 6.73. The highest BCUT2D eigenvalue weighted by Crippen LogP contribution is 2.72. The van der Waals surface area contributed by atoms with Gasteiger partial charge in [0, 0.05) is 0 Å². The number of hydrogen-bond donors (Lipinski definition) is 0. The van der Waals surface area contributed by atoms with Crippen LogP contribution >= 0.6 is 0 Å². The fraction of sp³-hybridized carbons (Fsp3) is 0.875. The van der Waals surface area contributed by atoms with Gasteiger partial charge in [-0.05, 0) is 61.2 Å². The predicted octanol–water partition coefficient (Wildman–Crippen LogP) is 4.95. The molecule has 0 N–H and O–H groups in total. The first kappa shape index (κ1) is 10.9. The highest BCUT2D eigenvalue weighted by atomic mass is 14.7. The van der Waals surface area contributed by atoms with Crippen molar-refractivity contribution in [1.29, 1.82) is 0 Å². The Balaban J connectivity index is 2.07. The molecule has 16 heavy (non-hydrogen) atoms. The van der Waals surface area contributed by atoms with Gasteiger partial charge in [-0.1, -0.05) is 38.8 Å². The Hall–Kier alpha value is -0.260. The predicted molar refractivity (Wildman–Crippen MR) is 69.3 cm³/mol. The lowest BCUT2D eigenvalue weighted by Gasteiger charge is -2.53. The molecule has 90 valence electrons. The molecular weight excluding hydrogens is 192 g/mol. The van der Waals surface area contributed by atoms with Gasteiger partial charge in [0.15, 0.2) is 0 Å². The molecule has 2 fully saturated rings. The molecule has 0 saturated heterocycles. The topological polar surface area (TPSA) is 0 Å². The van der Waals surface area contributed by atoms with Gasteiger partial charge in [0.1, 0.15) is 0 Å². The van der Waals surface area contributed by atoms with Crippen molar-refractivity contribution in [1.82, 2.24) is 0 Å². The van der Waals surface area contributed by atoms with Crippen LogP contribution in [0.3, 0.4) is 0 Å². The molecule has 0 amide bonds. The largest absolute Gasteiger partial charge is 0.0844 e. The van der Waals surface area contributed by atoms with E-state index in [4.69, 9.17) is 0 Å². The molecule has 3 aliphatic rings. The van der Waals surface area contributed by atoms with Crippen molar-refractivity contribution in [3.63, 3.8) is 0 Å². The lowest BCUT2D eigenvalue weighted by Crippen LogP contribution is -2.45. The summed E-state index contributed by atoms with van der Waals surface area (Å²) >= 11 is 0. The van der Waals surface area contributed by atoms with E-state index in [-0.39, 0.29) is 0 Å². The van der Waals surface area contributed by atoms with Crippen molar-refractivity contribution in [3.8, 4) is 0 Å². The highest BCUT2D eigenvalue weighted by molar-refractivity contribution is 5.30. The van der Waals surface area contributed by atoms with E-state index in [1.165, 1.54) is 38.5 Å². The molecule has 0 nitrogen and oxygen atoms in total. The molecule has 0 aromatic carbocycles. The van der Waals surface area contributed by atoms with E-state index in [0.29, 0.717) is 16.2 Å². The summed E-state index contributed by atoms with van der Waals surface area (Å²) in [7, 11) is 0. The maximum atomic E-state index is 2.56. The Morgan fingerprint density at radius 1 is 1.12 bits per heavy atom. The van der Waals surface area contributed by atoms with Gasteiger partial charge in [0.05, 0.1) is 0 Å². The van der Waals surface area contributed by atoms with E-state index < -0.39 is 0 Å². The van der Waals surface area contributed by atoms with Crippen LogP contribution in [-0.2, 0) is 0 Å². The fourth-order valence-electron chi connectivity index (χ4n) is 5.59. The van der Waals surface area contributed by atoms with Crippen molar-refractivity contribution < 1.29 is 0 Å². The summed E-state index contributed by atoms with van der Waals surface area (Å²) in [6, 6.07) is 0. The van der Waals surface area contributed by atoms with Gasteiger partial charge >= 0.3 is 0 Å². The van der Waals surface area contributed by atoms with E-state index >= 15 is 0 Å². The molecule has 0 bridgehead atoms. The Labute approximate surface area is 101 Å². The number of allylic oxidation sites excluding steroid dienone is 2. The SMILES string of the molecule is CC1=CC[C@@]23CCCC(C)(C)[C@H]2CC[C@@]13C. The van der Waals surface area contributed by atoms with Gasteiger partial charge in [-0.25, -0.2) is 0 Å². The van der Waals surface area contributed by atoms with E-state index in [1.807, 2.05) is 0 Å². The Morgan fingerprint density at radius 2 is 1.88 bits per heavy atom. The van der Waals surface area contributed by atoms with Gasteiger partial charge in [0.25, 0.3) is 0 Å². The average Bonchev–Trinajstić information content (AvgIpc) is 2.62. The Bertz CT molecular complexity index is 349. The molecule has 0 heterocycles. The molecule has 3 aliphatic carbocycles. The van der Waals surface area contributed by atoms with Crippen LogP contribution in [0.4, 0.5) is 0 Å². The Morgan fingerprint density at radius 3 is 2.62 bits per heavy atom. The van der Waals surface area contributed by atoms with E-state index in [2.05, 4.69) is 33.8 Å². The minimum atomic E-state index is 0.551. The summed E-state index contributed by atoms with van der Waals surface area (Å²) in [6.07, 6.45) is 11.3. The summed E-state index contributed by atoms with van der Waals surface area (Å²) in [6.45, 7) is 10.0. The molecular formula is C16H26. The van der Waals surface area contributed by atoms with Crippen molar-refractivity contribution >= 4 is 0 Å². The number of hydrogen-bond acceptors (Lipinski definition) is 0. The smallest absolute Gasteiger partial charge is 0.00568 e. The van der Waals surface area contributed by atoms with Crippen LogP contribution in [-0.4, -0.2) is 0 Å². The minimum Gasteiger partial charge on any atom is -0.0844 e. The molecule has 3 rings (SSSR count). The molecule has 1 spiro atoms. The van der Waals surface area contributed by atoms with Gasteiger partial charge < -0.3 is 0 Å². The van der Waals surface area contributed by atoms with Gasteiger partial charge in [-0.15, -0.1) is 0 Å². The van der Waals surface area contributed by atoms with Crippen LogP contribution in [0.15, 0.2) is 11.6 Å². The first-order valence-corrected chi connectivity index (χ1v) is 7.10. The van der Waals surface area contributed by atoms with Gasteiger partial charge in [0.2, 0.25) is 0 Å². The first-order chi connectivity index (χ1) is 7.42. The van der Waals surface area contributed by atoms with Crippen LogP contribution in [0.1, 0.15) is 66.2 Å². The summed E-state index contributed by atoms with van der Waals surface area (Å²) in [5, 5.41) is 0. The zero-order chi connectivity index (χ0) is 11.6. The molecule has 2 saturated carbocycles. The molecule has 0 heteroatoms. The van der Waals surface area contributed by atoms with Gasteiger partial charge in [-0.3, -0.25) is 0 Å². The van der Waals surface area contributed by atoms with E-state index in [9.17, 15) is 0 Å². The molecule has 0 aromatic heterocycles. The highest BCUT2D eigenvalue weighted by Gasteiger charge is 2.63. The maximum absolute atomic E-state index is 2.56. The molecule has 0 unspecified atom stereocenters. The van der Waals surface area contributed by atoms with Crippen LogP contribution in [0, 0.1) is 22.2 Å². The zero-order valence-electron chi connectivity index (χ0n) is 11.4. The summed E-state index contributed by atoms with van der Waals surface area (Å²) < 4.78 is 0. The van der Waals surface area contributed by atoms with E-state index in [0.717, 1.165) is 5.92 Å². The van der Waals surface area contributed by atoms with E-state index in [1.54, 1.807) is 5.57 Å². The summed E-state index contributed by atoms with van der Waals surface area (Å²) in [5.74, 6) is 0.979. The van der Waals surface area contributed by atoms with Crippen LogP contribution in [0.2, 0.25) is 0 Å². The molecule has 0 radical (unpaired) electrons. The van der Waals surface area contributed by atoms with Crippen molar-refractivity contribution in [3.05, 3.63) is 11.6 Å². The lowest BCUT2D eigenvalue weighted by molar-refractivity contribution is -0.0264. The quantitative estimate of drug-likeness (QED) is 0.505. The second-order valence-corrected chi connectivity index (χ2v) is 7.51. The van der Waals surface area contributed by atoms with Crippen molar-refractivity contribution in [2.24, 2.45) is 22.2 Å². The summed E-state index contributed by atoms with van der Waals surface area (Å²) in [4.78, 5) is 0. The van der Waals surface area contributed by atoms with Crippen LogP contribution < -0.4 is 0 Å². The number of rotatable bonds is 0. The second-order valence-electron chi connectivity index (χ2n) is 7.51. The normalized spacial score (nSPS) is 49.8. The fourth-order valence-corrected chi connectivity index (χ4v) is 5.59. The summed E-state index contributed by atoms with van der Waals surface area (Å²) in [5.41, 5.74) is 3.50. The molecule has 3 atom stereocenters. The lowest BCUT2D eigenvalue weighted by atomic mass is 9.51. The standard InChI is InChI=1S/C16H26/c1-12-6-11-16-9-5-8-14(2,3)13(16)7-10-15(12,16)4/h6,13H,5,7-11H2,1-4H3/t13-,15+,16+/m1/s1. The molecule has 0 aromatic rings. The minimum absolute atomic E-state index is 0.551. The molecule has 0 aliphatic heterocycles. The zero-order valence-corrected chi connectivity index (χ0v) is 11.4. The maximum Gasteiger partial charge on any atom is -0.00568 e. The van der Waals surface area contributed by atoms with Crippen LogP contribution in [0.25, 0.3) is 0 Å². The third kappa shape index (κ3) is 1.02. The first-order valence-electron chi connectivity index (χ1n) is 7.10. The van der Waals surface area contributed by atoms with Crippen molar-refractivity contribution in [2.75, 3.05) is 0 Å². The third-order valence-corrected chi connectivity index (χ3v) is 6.73. The van der Waals surface area contributed by atoms with Crippen LogP contribution in [0.5, 0.6) is 0 Å².